The van der Waals surface area contributed by atoms with Crippen LogP contribution in [0.3, 0.4) is 0 Å². The summed E-state index contributed by atoms with van der Waals surface area (Å²) in [6.07, 6.45) is 19.7. The first-order valence-electron chi connectivity index (χ1n) is 10.5. The molecule has 0 amide bonds. The quantitative estimate of drug-likeness (QED) is 0.264. The lowest BCUT2D eigenvalue weighted by Crippen LogP contribution is -2.30. The highest BCUT2D eigenvalue weighted by molar-refractivity contribution is 5.79. The minimum atomic E-state index is -0.887. The van der Waals surface area contributed by atoms with E-state index >= 15 is 0 Å². The molecule has 4 heteroatoms. The lowest BCUT2D eigenvalue weighted by atomic mass is 9.78. The Hall–Kier alpha value is -1.13. The second kappa shape index (κ2) is 12.3. The Labute approximate surface area is 158 Å². The monoisotopic (exact) mass is 364 g/mol. The molecule has 0 aliphatic carbocycles. The normalized spacial score (nSPS) is 27.9. The van der Waals surface area contributed by atoms with E-state index in [1.807, 2.05) is 0 Å². The highest BCUT2D eigenvalue weighted by Gasteiger charge is 2.48. The molecule has 2 saturated heterocycles. The Morgan fingerprint density at radius 3 is 2.54 bits per heavy atom. The standard InChI is InChI=1S/C22H36O4/c1-2-3-4-5-8-11-16-25-17-19-18(20-14-15-21(19)26-20)12-9-6-7-10-13-22(23)24/h6,9-10,13,18-21H,2-5,7-8,11-12,14-17H2,1H3,(H,23,24)/t18-,19+,20-,21+/m0/s1. The summed E-state index contributed by atoms with van der Waals surface area (Å²) in [6.45, 7) is 3.95. The molecule has 2 aliphatic heterocycles. The van der Waals surface area contributed by atoms with E-state index < -0.39 is 5.97 Å². The zero-order valence-corrected chi connectivity index (χ0v) is 16.3. The summed E-state index contributed by atoms with van der Waals surface area (Å²) in [5.74, 6) is 0.188. The number of rotatable bonds is 14. The van der Waals surface area contributed by atoms with Crippen molar-refractivity contribution >= 4 is 5.97 Å². The molecule has 0 aromatic carbocycles. The second-order valence-corrected chi connectivity index (χ2v) is 7.64. The molecule has 2 rings (SSSR count). The third-order valence-electron chi connectivity index (χ3n) is 5.65. The highest BCUT2D eigenvalue weighted by atomic mass is 16.5. The topological polar surface area (TPSA) is 55.8 Å². The van der Waals surface area contributed by atoms with Gasteiger partial charge in [-0.1, -0.05) is 57.3 Å². The molecule has 26 heavy (non-hydrogen) atoms. The van der Waals surface area contributed by atoms with E-state index in [1.54, 1.807) is 6.08 Å². The molecule has 0 spiro atoms. The average molecular weight is 365 g/mol. The van der Waals surface area contributed by atoms with Crippen LogP contribution in [0.4, 0.5) is 0 Å². The number of carboxylic acids is 1. The summed E-state index contributed by atoms with van der Waals surface area (Å²) in [7, 11) is 0. The van der Waals surface area contributed by atoms with Crippen molar-refractivity contribution in [2.75, 3.05) is 13.2 Å². The number of hydrogen-bond acceptors (Lipinski definition) is 3. The fourth-order valence-corrected chi connectivity index (χ4v) is 4.23. The minimum Gasteiger partial charge on any atom is -0.478 e. The first-order chi connectivity index (χ1) is 12.7. The third kappa shape index (κ3) is 7.24. The summed E-state index contributed by atoms with van der Waals surface area (Å²) < 4.78 is 12.1. The van der Waals surface area contributed by atoms with Crippen molar-refractivity contribution in [2.45, 2.75) is 83.3 Å². The van der Waals surface area contributed by atoms with Crippen molar-refractivity contribution in [3.8, 4) is 0 Å². The predicted molar refractivity (Wildman–Crippen MR) is 104 cm³/mol. The van der Waals surface area contributed by atoms with Crippen LogP contribution < -0.4 is 0 Å². The van der Waals surface area contributed by atoms with E-state index in [0.717, 1.165) is 19.6 Å². The Morgan fingerprint density at radius 2 is 1.77 bits per heavy atom. The van der Waals surface area contributed by atoms with Crippen LogP contribution in [0.1, 0.15) is 71.1 Å². The molecular weight excluding hydrogens is 328 g/mol. The summed E-state index contributed by atoms with van der Waals surface area (Å²) in [5.41, 5.74) is 0. The van der Waals surface area contributed by atoms with Crippen molar-refractivity contribution in [3.63, 3.8) is 0 Å². The SMILES string of the molecule is CCCCCCCCOC[C@@H]1[C@H](CC=CCC=CC(=O)O)[C@@H]2CC[C@H]1O2. The average Bonchev–Trinajstić information content (AvgIpc) is 3.22. The fraction of sp³-hybridized carbons (Fsp3) is 0.773. The van der Waals surface area contributed by atoms with Gasteiger partial charge in [0.05, 0.1) is 18.8 Å². The van der Waals surface area contributed by atoms with Crippen LogP contribution in [0, 0.1) is 11.8 Å². The van der Waals surface area contributed by atoms with Gasteiger partial charge in [0.15, 0.2) is 0 Å². The molecule has 148 valence electrons. The summed E-state index contributed by atoms with van der Waals surface area (Å²) in [6, 6.07) is 0. The Bertz CT molecular complexity index is 457. The molecule has 4 nitrogen and oxygen atoms in total. The summed E-state index contributed by atoms with van der Waals surface area (Å²) in [5, 5.41) is 8.58. The van der Waals surface area contributed by atoms with Crippen LogP contribution in [0.15, 0.2) is 24.3 Å². The maximum atomic E-state index is 10.4. The van der Waals surface area contributed by atoms with E-state index in [2.05, 4.69) is 19.1 Å². The zero-order valence-electron chi connectivity index (χ0n) is 16.3. The van der Waals surface area contributed by atoms with E-state index in [-0.39, 0.29) is 0 Å². The Kier molecular flexibility index (Phi) is 10.0. The van der Waals surface area contributed by atoms with E-state index in [0.29, 0.717) is 30.5 Å². The minimum absolute atomic E-state index is 0.384. The molecule has 2 bridgehead atoms. The smallest absolute Gasteiger partial charge is 0.327 e. The first-order valence-corrected chi connectivity index (χ1v) is 10.5. The number of carboxylic acid groups (broad SMARTS) is 1. The van der Waals surface area contributed by atoms with Crippen LogP contribution in [-0.2, 0) is 14.3 Å². The number of allylic oxidation sites excluding steroid dienone is 3. The van der Waals surface area contributed by atoms with Crippen LogP contribution in [0.25, 0.3) is 0 Å². The van der Waals surface area contributed by atoms with Gasteiger partial charge in [0.2, 0.25) is 0 Å². The summed E-state index contributed by atoms with van der Waals surface area (Å²) >= 11 is 0. The highest BCUT2D eigenvalue weighted by Crippen LogP contribution is 2.45. The molecule has 2 heterocycles. The van der Waals surface area contributed by atoms with Crippen LogP contribution in [0.5, 0.6) is 0 Å². The number of unbranched alkanes of at least 4 members (excludes halogenated alkanes) is 5. The number of ether oxygens (including phenoxy) is 2. The van der Waals surface area contributed by atoms with Crippen LogP contribution in [0.2, 0.25) is 0 Å². The fourth-order valence-electron chi connectivity index (χ4n) is 4.23. The van der Waals surface area contributed by atoms with Gasteiger partial charge in [-0.15, -0.1) is 0 Å². The Morgan fingerprint density at radius 1 is 1.04 bits per heavy atom. The third-order valence-corrected chi connectivity index (χ3v) is 5.65. The van der Waals surface area contributed by atoms with Gasteiger partial charge in [-0.2, -0.15) is 0 Å². The molecule has 0 saturated carbocycles. The molecule has 4 atom stereocenters. The molecule has 0 radical (unpaired) electrons. The molecule has 0 unspecified atom stereocenters. The van der Waals surface area contributed by atoms with E-state index in [4.69, 9.17) is 14.6 Å². The molecule has 0 aromatic heterocycles. The number of aliphatic carboxylic acids is 1. The van der Waals surface area contributed by atoms with Gasteiger partial charge in [-0.25, -0.2) is 4.79 Å². The second-order valence-electron chi connectivity index (χ2n) is 7.64. The molecular formula is C22H36O4. The van der Waals surface area contributed by atoms with Crippen molar-refractivity contribution in [1.29, 1.82) is 0 Å². The van der Waals surface area contributed by atoms with E-state index in [1.165, 1.54) is 57.4 Å². The van der Waals surface area contributed by atoms with Gasteiger partial charge in [0, 0.05) is 18.6 Å². The van der Waals surface area contributed by atoms with Crippen molar-refractivity contribution < 1.29 is 19.4 Å². The predicted octanol–water partition coefficient (Wildman–Crippen LogP) is 5.13. The van der Waals surface area contributed by atoms with Crippen molar-refractivity contribution in [3.05, 3.63) is 24.3 Å². The lowest BCUT2D eigenvalue weighted by molar-refractivity contribution is -0.131. The molecule has 0 aromatic rings. The van der Waals surface area contributed by atoms with E-state index in [9.17, 15) is 4.79 Å². The van der Waals surface area contributed by atoms with Crippen molar-refractivity contribution in [1.82, 2.24) is 0 Å². The van der Waals surface area contributed by atoms with Gasteiger partial charge < -0.3 is 14.6 Å². The zero-order chi connectivity index (χ0) is 18.6. The molecule has 2 fully saturated rings. The maximum Gasteiger partial charge on any atom is 0.327 e. The van der Waals surface area contributed by atoms with Crippen LogP contribution >= 0.6 is 0 Å². The first kappa shape index (κ1) is 21.2. The number of fused-ring (bicyclic) bond motifs is 2. The van der Waals surface area contributed by atoms with Crippen molar-refractivity contribution in [2.24, 2.45) is 11.8 Å². The Balaban J connectivity index is 1.63. The lowest BCUT2D eigenvalue weighted by Gasteiger charge is -2.27. The molecule has 1 N–H and O–H groups in total. The van der Waals surface area contributed by atoms with Gasteiger partial charge >= 0.3 is 5.97 Å². The largest absolute Gasteiger partial charge is 0.478 e. The number of hydrogen-bond donors (Lipinski definition) is 1. The maximum absolute atomic E-state index is 10.4. The van der Waals surface area contributed by atoms with Gasteiger partial charge in [-0.3, -0.25) is 0 Å². The molecule has 2 aliphatic rings. The van der Waals surface area contributed by atoms with Crippen LogP contribution in [-0.4, -0.2) is 36.5 Å². The van der Waals surface area contributed by atoms with Gasteiger partial charge in [0.25, 0.3) is 0 Å². The number of carbonyl (C=O) groups is 1. The van der Waals surface area contributed by atoms with Gasteiger partial charge in [0.1, 0.15) is 0 Å². The van der Waals surface area contributed by atoms with Gasteiger partial charge in [-0.05, 0) is 38.0 Å². The summed E-state index contributed by atoms with van der Waals surface area (Å²) in [4.78, 5) is 10.4.